The molecule has 1 fully saturated rings. The second kappa shape index (κ2) is 4.45. The van der Waals surface area contributed by atoms with Crippen LogP contribution >= 0.6 is 15.9 Å². The topological polar surface area (TPSA) is 20.3 Å². The molecule has 3 atom stereocenters. The van der Waals surface area contributed by atoms with Gasteiger partial charge in [-0.05, 0) is 25.2 Å². The molecule has 1 saturated heterocycles. The minimum Gasteiger partial charge on any atom is -0.341 e. The molecular weight excluding hydrogens is 230 g/mol. The number of amides is 1. The molecule has 2 nitrogen and oxygen atoms in total. The Morgan fingerprint density at radius 3 is 2.23 bits per heavy atom. The standard InChI is InChI=1S/C10H18BrNO/c1-7-4-8(2)6-12(5-7)10(13)9(3)11/h7-9H,4-6H2,1-3H3. The molecule has 13 heavy (non-hydrogen) atoms. The number of nitrogens with zero attached hydrogens (tertiary/aromatic N) is 1. The lowest BCUT2D eigenvalue weighted by Crippen LogP contribution is -2.45. The minimum absolute atomic E-state index is 0.0370. The Bertz CT molecular complexity index is 183. The third-order valence-electron chi connectivity index (χ3n) is 2.52. The van der Waals surface area contributed by atoms with Gasteiger partial charge in [-0.25, -0.2) is 0 Å². The summed E-state index contributed by atoms with van der Waals surface area (Å²) in [4.78, 5) is 13.6. The molecule has 0 aromatic carbocycles. The van der Waals surface area contributed by atoms with E-state index >= 15 is 0 Å². The SMILES string of the molecule is CC1CC(C)CN(C(=O)C(C)Br)C1. The predicted molar refractivity (Wildman–Crippen MR) is 57.9 cm³/mol. The minimum atomic E-state index is -0.0370. The van der Waals surface area contributed by atoms with Gasteiger partial charge in [0.25, 0.3) is 0 Å². The Morgan fingerprint density at radius 1 is 1.38 bits per heavy atom. The van der Waals surface area contributed by atoms with Gasteiger partial charge in [0, 0.05) is 13.1 Å². The van der Waals surface area contributed by atoms with Gasteiger partial charge >= 0.3 is 0 Å². The first-order valence-electron chi connectivity index (χ1n) is 4.93. The predicted octanol–water partition coefficient (Wildman–Crippen LogP) is 2.27. The summed E-state index contributed by atoms with van der Waals surface area (Å²) in [5.74, 6) is 1.54. The molecule has 76 valence electrons. The van der Waals surface area contributed by atoms with E-state index in [-0.39, 0.29) is 10.7 Å². The molecule has 1 rings (SSSR count). The highest BCUT2D eigenvalue weighted by Gasteiger charge is 2.26. The molecule has 1 amide bonds. The van der Waals surface area contributed by atoms with E-state index in [0.717, 1.165) is 13.1 Å². The Morgan fingerprint density at radius 2 is 1.85 bits per heavy atom. The van der Waals surface area contributed by atoms with E-state index in [2.05, 4.69) is 29.8 Å². The number of alkyl halides is 1. The van der Waals surface area contributed by atoms with Gasteiger partial charge in [0.15, 0.2) is 0 Å². The molecule has 0 aromatic rings. The van der Waals surface area contributed by atoms with Gasteiger partial charge in [0.05, 0.1) is 4.83 Å². The number of hydrogen-bond donors (Lipinski definition) is 0. The number of hydrogen-bond acceptors (Lipinski definition) is 1. The van der Waals surface area contributed by atoms with Gasteiger partial charge in [-0.2, -0.15) is 0 Å². The normalized spacial score (nSPS) is 31.5. The van der Waals surface area contributed by atoms with Crippen molar-refractivity contribution in [2.24, 2.45) is 11.8 Å². The molecule has 0 spiro atoms. The zero-order valence-corrected chi connectivity index (χ0v) is 10.2. The molecular formula is C10H18BrNO. The highest BCUT2D eigenvalue weighted by molar-refractivity contribution is 9.10. The molecule has 0 bridgehead atoms. The molecule has 0 radical (unpaired) electrons. The summed E-state index contributed by atoms with van der Waals surface area (Å²) >= 11 is 3.32. The van der Waals surface area contributed by atoms with Crippen molar-refractivity contribution < 1.29 is 4.79 Å². The first kappa shape index (κ1) is 11.0. The van der Waals surface area contributed by atoms with Crippen molar-refractivity contribution in [1.29, 1.82) is 0 Å². The zero-order chi connectivity index (χ0) is 10.0. The van der Waals surface area contributed by atoms with Gasteiger partial charge in [-0.15, -0.1) is 0 Å². The number of likely N-dealkylation sites (tertiary alicyclic amines) is 1. The van der Waals surface area contributed by atoms with Crippen LogP contribution in [0.2, 0.25) is 0 Å². The molecule has 3 unspecified atom stereocenters. The molecule has 1 heterocycles. The highest BCUT2D eigenvalue weighted by atomic mass is 79.9. The fourth-order valence-corrected chi connectivity index (χ4v) is 2.38. The maximum Gasteiger partial charge on any atom is 0.236 e. The van der Waals surface area contributed by atoms with Gasteiger partial charge < -0.3 is 4.90 Å². The summed E-state index contributed by atoms with van der Waals surface area (Å²) in [7, 11) is 0. The summed E-state index contributed by atoms with van der Waals surface area (Å²) in [5.41, 5.74) is 0. The van der Waals surface area contributed by atoms with Crippen molar-refractivity contribution in [1.82, 2.24) is 4.90 Å². The van der Waals surface area contributed by atoms with E-state index < -0.39 is 0 Å². The maximum atomic E-state index is 11.7. The largest absolute Gasteiger partial charge is 0.341 e. The van der Waals surface area contributed by atoms with Crippen LogP contribution in [0.25, 0.3) is 0 Å². The summed E-state index contributed by atoms with van der Waals surface area (Å²) in [5, 5.41) is 0. The van der Waals surface area contributed by atoms with Crippen LogP contribution in [-0.4, -0.2) is 28.7 Å². The first-order chi connectivity index (χ1) is 6.00. The lowest BCUT2D eigenvalue weighted by molar-refractivity contribution is -0.132. The van der Waals surface area contributed by atoms with E-state index in [1.165, 1.54) is 6.42 Å². The summed E-state index contributed by atoms with van der Waals surface area (Å²) in [6.07, 6.45) is 1.25. The second-order valence-corrected chi connectivity index (χ2v) is 5.68. The van der Waals surface area contributed by atoms with Crippen molar-refractivity contribution in [3.05, 3.63) is 0 Å². The first-order valence-corrected chi connectivity index (χ1v) is 5.85. The number of rotatable bonds is 1. The third-order valence-corrected chi connectivity index (χ3v) is 2.91. The fraction of sp³-hybridized carbons (Fsp3) is 0.900. The molecule has 3 heteroatoms. The van der Waals surface area contributed by atoms with Crippen LogP contribution in [0.3, 0.4) is 0 Å². The fourth-order valence-electron chi connectivity index (χ4n) is 2.09. The van der Waals surface area contributed by atoms with Gasteiger partial charge in [0.1, 0.15) is 0 Å². The van der Waals surface area contributed by atoms with Gasteiger partial charge in [0.2, 0.25) is 5.91 Å². The van der Waals surface area contributed by atoms with Crippen LogP contribution in [0.15, 0.2) is 0 Å². The number of halogens is 1. The average molecular weight is 248 g/mol. The van der Waals surface area contributed by atoms with Crippen molar-refractivity contribution in [3.8, 4) is 0 Å². The van der Waals surface area contributed by atoms with E-state index in [1.54, 1.807) is 0 Å². The molecule has 0 saturated carbocycles. The lowest BCUT2D eigenvalue weighted by Gasteiger charge is -2.35. The van der Waals surface area contributed by atoms with E-state index in [0.29, 0.717) is 11.8 Å². The van der Waals surface area contributed by atoms with Crippen molar-refractivity contribution in [3.63, 3.8) is 0 Å². The average Bonchev–Trinajstić information content (AvgIpc) is 2.01. The molecule has 1 aliphatic heterocycles. The van der Waals surface area contributed by atoms with E-state index in [4.69, 9.17) is 0 Å². The second-order valence-electron chi connectivity index (χ2n) is 4.31. The Balaban J connectivity index is 2.55. The monoisotopic (exact) mass is 247 g/mol. The summed E-state index contributed by atoms with van der Waals surface area (Å²) < 4.78 is 0. The molecule has 0 aliphatic carbocycles. The van der Waals surface area contributed by atoms with Crippen LogP contribution in [0.5, 0.6) is 0 Å². The van der Waals surface area contributed by atoms with Gasteiger partial charge in [-0.1, -0.05) is 29.8 Å². The van der Waals surface area contributed by atoms with Gasteiger partial charge in [-0.3, -0.25) is 4.79 Å². The zero-order valence-electron chi connectivity index (χ0n) is 8.59. The number of carbonyl (C=O) groups is 1. The Hall–Kier alpha value is -0.0500. The van der Waals surface area contributed by atoms with Crippen LogP contribution in [0.4, 0.5) is 0 Å². The quantitative estimate of drug-likeness (QED) is 0.652. The summed E-state index contributed by atoms with van der Waals surface area (Å²) in [6.45, 7) is 8.19. The third kappa shape index (κ3) is 2.97. The molecule has 0 aromatic heterocycles. The lowest BCUT2D eigenvalue weighted by atomic mass is 9.92. The van der Waals surface area contributed by atoms with E-state index in [9.17, 15) is 4.79 Å². The van der Waals surface area contributed by atoms with Crippen molar-refractivity contribution in [2.45, 2.75) is 32.0 Å². The Kier molecular flexibility index (Phi) is 3.77. The van der Waals surface area contributed by atoms with Crippen LogP contribution in [0.1, 0.15) is 27.2 Å². The maximum absolute atomic E-state index is 11.7. The van der Waals surface area contributed by atoms with Crippen LogP contribution < -0.4 is 0 Å². The molecule has 1 aliphatic rings. The number of carbonyl (C=O) groups excluding carboxylic acids is 1. The Labute approximate surface area is 88.8 Å². The van der Waals surface area contributed by atoms with Crippen molar-refractivity contribution >= 4 is 21.8 Å². The van der Waals surface area contributed by atoms with E-state index in [1.807, 2.05) is 11.8 Å². The highest BCUT2D eigenvalue weighted by Crippen LogP contribution is 2.22. The van der Waals surface area contributed by atoms with Crippen LogP contribution in [0, 0.1) is 11.8 Å². The van der Waals surface area contributed by atoms with Crippen molar-refractivity contribution in [2.75, 3.05) is 13.1 Å². The number of piperidine rings is 1. The smallest absolute Gasteiger partial charge is 0.236 e. The van der Waals surface area contributed by atoms with Crippen LogP contribution in [-0.2, 0) is 4.79 Å². The molecule has 0 N–H and O–H groups in total. The summed E-state index contributed by atoms with van der Waals surface area (Å²) in [6, 6.07) is 0.